The fourth-order valence-corrected chi connectivity index (χ4v) is 8.78. The molecule has 0 unspecified atom stereocenters. The lowest BCUT2D eigenvalue weighted by atomic mass is 9.59. The monoisotopic (exact) mass is 671 g/mol. The van der Waals surface area contributed by atoms with Gasteiger partial charge in [-0.05, 0) is 91.1 Å². The molecule has 0 radical (unpaired) electrons. The molecule has 3 aromatic carbocycles. The second-order valence-electron chi connectivity index (χ2n) is 12.5. The third-order valence-corrected chi connectivity index (χ3v) is 11.2. The van der Waals surface area contributed by atoms with E-state index in [9.17, 15) is 22.4 Å². The third-order valence-electron chi connectivity index (χ3n) is 9.68. The van der Waals surface area contributed by atoms with Crippen LogP contribution in [0.1, 0.15) is 60.8 Å². The summed E-state index contributed by atoms with van der Waals surface area (Å²) in [7, 11) is -3.01. The van der Waals surface area contributed by atoms with Crippen LogP contribution in [0.25, 0.3) is 0 Å². The third kappa shape index (κ3) is 6.19. The number of piperidine rings is 2. The fourth-order valence-electron chi connectivity index (χ4n) is 7.71. The molecule has 0 aromatic heterocycles. The van der Waals surface area contributed by atoms with E-state index in [0.717, 1.165) is 24.8 Å². The van der Waals surface area contributed by atoms with E-state index in [1.807, 2.05) is 29.2 Å². The highest BCUT2D eigenvalue weighted by Gasteiger charge is 2.62. The summed E-state index contributed by atoms with van der Waals surface area (Å²) in [6.07, 6.45) is 4.68. The molecule has 3 heterocycles. The molecule has 2 saturated heterocycles. The minimum absolute atomic E-state index is 0.167. The second kappa shape index (κ2) is 12.6. The Morgan fingerprint density at radius 2 is 1.67 bits per heavy atom. The van der Waals surface area contributed by atoms with E-state index in [0.29, 0.717) is 65.3 Å². The van der Waals surface area contributed by atoms with Gasteiger partial charge in [-0.15, -0.1) is 0 Å². The van der Waals surface area contributed by atoms with Crippen LogP contribution in [0.3, 0.4) is 0 Å². The first-order chi connectivity index (χ1) is 21.5. The van der Waals surface area contributed by atoms with E-state index < -0.39 is 27.1 Å². The first kappa shape index (κ1) is 31.8. The van der Waals surface area contributed by atoms with Crippen LogP contribution >= 0.6 is 23.2 Å². The molecule has 3 atom stereocenters. The largest absolute Gasteiger partial charge is 0.325 e. The number of nitrogens with one attached hydrogen (secondary N) is 1. The molecule has 45 heavy (non-hydrogen) atoms. The molecule has 3 aliphatic heterocycles. The van der Waals surface area contributed by atoms with Crippen molar-refractivity contribution in [2.45, 2.75) is 49.5 Å². The van der Waals surface area contributed by atoms with E-state index >= 15 is 0 Å². The highest BCUT2D eigenvalue weighted by Crippen LogP contribution is 2.60. The van der Waals surface area contributed by atoms with Crippen molar-refractivity contribution >= 4 is 50.7 Å². The van der Waals surface area contributed by atoms with Crippen molar-refractivity contribution < 1.29 is 22.4 Å². The minimum atomic E-state index is -3.01. The number of hydrogen-bond donors (Lipinski definition) is 1. The van der Waals surface area contributed by atoms with Crippen LogP contribution in [-0.4, -0.2) is 61.8 Å². The van der Waals surface area contributed by atoms with Gasteiger partial charge in [-0.1, -0.05) is 53.5 Å². The van der Waals surface area contributed by atoms with E-state index in [1.165, 1.54) is 18.4 Å². The maximum absolute atomic E-state index is 14.9. The number of carbonyl (C=O) groups excluding carboxylic acids is 2. The molecule has 11 heteroatoms. The Labute approximate surface area is 273 Å². The van der Waals surface area contributed by atoms with Crippen LogP contribution in [0.4, 0.5) is 14.9 Å². The average molecular weight is 673 g/mol. The van der Waals surface area contributed by atoms with Crippen molar-refractivity contribution in [1.82, 2.24) is 9.80 Å². The van der Waals surface area contributed by atoms with Gasteiger partial charge >= 0.3 is 6.03 Å². The zero-order chi connectivity index (χ0) is 31.9. The SMILES string of the molecule is CS(=O)(=O)CCCC1CCN(C(=O)N2CC[C@@H](c3cccc(Cl)c3)[C@]3(C(=O)Nc4cc(Cl)ccc43)[C@H]2c2cccc(F)c2)CC1. The van der Waals surface area contributed by atoms with Gasteiger partial charge in [-0.3, -0.25) is 4.79 Å². The summed E-state index contributed by atoms with van der Waals surface area (Å²) >= 11 is 12.8. The fraction of sp³-hybridized carbons (Fsp3) is 0.412. The van der Waals surface area contributed by atoms with Crippen LogP contribution in [0, 0.1) is 11.7 Å². The molecule has 7 nitrogen and oxygen atoms in total. The van der Waals surface area contributed by atoms with Crippen LogP contribution in [0.15, 0.2) is 66.7 Å². The maximum atomic E-state index is 14.9. The molecule has 0 saturated carbocycles. The van der Waals surface area contributed by atoms with Gasteiger partial charge in [-0.2, -0.15) is 0 Å². The van der Waals surface area contributed by atoms with Crippen molar-refractivity contribution in [3.05, 3.63) is 99.3 Å². The van der Waals surface area contributed by atoms with Crippen molar-refractivity contribution in [2.75, 3.05) is 37.0 Å². The van der Waals surface area contributed by atoms with Gasteiger partial charge in [0.1, 0.15) is 21.1 Å². The predicted octanol–water partition coefficient (Wildman–Crippen LogP) is 7.21. The number of nitrogens with zero attached hydrogens (tertiary/aromatic N) is 2. The van der Waals surface area contributed by atoms with Crippen LogP contribution < -0.4 is 5.32 Å². The van der Waals surface area contributed by atoms with Gasteiger partial charge in [0.2, 0.25) is 5.91 Å². The van der Waals surface area contributed by atoms with Crippen LogP contribution in [0.2, 0.25) is 10.0 Å². The Morgan fingerprint density at radius 1 is 0.956 bits per heavy atom. The molecule has 3 aromatic rings. The number of halogens is 3. The van der Waals surface area contributed by atoms with Gasteiger partial charge < -0.3 is 15.1 Å². The number of urea groups is 1. The zero-order valence-electron chi connectivity index (χ0n) is 25.0. The quantitative estimate of drug-likeness (QED) is 0.300. The van der Waals surface area contributed by atoms with Crippen molar-refractivity contribution in [1.29, 1.82) is 0 Å². The number of likely N-dealkylation sites (tertiary alicyclic amines) is 2. The number of anilines is 1. The van der Waals surface area contributed by atoms with E-state index in [1.54, 1.807) is 35.2 Å². The Bertz CT molecular complexity index is 1730. The molecule has 3 aliphatic rings. The molecule has 1 spiro atoms. The predicted molar refractivity (Wildman–Crippen MR) is 175 cm³/mol. The van der Waals surface area contributed by atoms with Crippen molar-refractivity contribution in [3.8, 4) is 0 Å². The Morgan fingerprint density at radius 3 is 2.38 bits per heavy atom. The Hall–Kier alpha value is -3.14. The van der Waals surface area contributed by atoms with E-state index in [-0.39, 0.29) is 23.6 Å². The zero-order valence-corrected chi connectivity index (χ0v) is 27.3. The Balaban J connectivity index is 1.41. The van der Waals surface area contributed by atoms with Gasteiger partial charge in [0.05, 0.1) is 6.04 Å². The van der Waals surface area contributed by atoms with Crippen LogP contribution in [-0.2, 0) is 20.0 Å². The lowest BCUT2D eigenvalue weighted by molar-refractivity contribution is -0.126. The summed E-state index contributed by atoms with van der Waals surface area (Å²) in [6, 6.07) is 17.9. The number of benzene rings is 3. The summed E-state index contributed by atoms with van der Waals surface area (Å²) in [5.41, 5.74) is 1.38. The van der Waals surface area contributed by atoms with Gasteiger partial charge in [-0.25, -0.2) is 17.6 Å². The summed E-state index contributed by atoms with van der Waals surface area (Å²) in [6.45, 7) is 1.40. The van der Waals surface area contributed by atoms with Crippen molar-refractivity contribution in [2.24, 2.45) is 5.92 Å². The maximum Gasteiger partial charge on any atom is 0.320 e. The number of rotatable bonds is 6. The molecule has 2 fully saturated rings. The molecule has 6 rings (SSSR count). The molecule has 0 aliphatic carbocycles. The lowest BCUT2D eigenvalue weighted by Crippen LogP contribution is -2.60. The summed E-state index contributed by atoms with van der Waals surface area (Å²) < 4.78 is 38.1. The van der Waals surface area contributed by atoms with Gasteiger partial charge in [0.15, 0.2) is 0 Å². The van der Waals surface area contributed by atoms with Crippen molar-refractivity contribution in [3.63, 3.8) is 0 Å². The summed E-state index contributed by atoms with van der Waals surface area (Å²) in [5, 5.41) is 4.07. The topological polar surface area (TPSA) is 86.8 Å². The molecular formula is C34H36Cl2FN3O4S. The first-order valence-corrected chi connectivity index (χ1v) is 18.1. The average Bonchev–Trinajstić information content (AvgIpc) is 3.26. The highest BCUT2D eigenvalue weighted by molar-refractivity contribution is 7.90. The number of amides is 3. The number of sulfone groups is 1. The smallest absolute Gasteiger partial charge is 0.320 e. The molecule has 3 amide bonds. The summed E-state index contributed by atoms with van der Waals surface area (Å²) in [4.78, 5) is 32.6. The lowest BCUT2D eigenvalue weighted by Gasteiger charge is -2.53. The normalized spacial score (nSPS) is 23.7. The highest BCUT2D eigenvalue weighted by atomic mass is 35.5. The second-order valence-corrected chi connectivity index (χ2v) is 15.7. The summed E-state index contributed by atoms with van der Waals surface area (Å²) in [5.74, 6) is -0.603. The van der Waals surface area contributed by atoms with Gasteiger partial charge in [0, 0.05) is 53.3 Å². The minimum Gasteiger partial charge on any atom is -0.325 e. The van der Waals surface area contributed by atoms with Gasteiger partial charge in [0.25, 0.3) is 0 Å². The first-order valence-electron chi connectivity index (χ1n) is 15.3. The number of carbonyl (C=O) groups is 2. The Kier molecular flexibility index (Phi) is 8.89. The molecule has 1 N–H and O–H groups in total. The molecular weight excluding hydrogens is 636 g/mol. The molecule has 238 valence electrons. The number of fused-ring (bicyclic) bond motifs is 2. The number of hydrogen-bond acceptors (Lipinski definition) is 4. The standard InChI is InChI=1S/C34H36Cl2FN3O4S/c1-45(43,44)18-4-5-22-12-15-39(16-13-22)33(42)40-17-14-28(23-6-2-8-25(35)19-23)34(31(40)24-7-3-9-27(37)20-24)29-11-10-26(36)21-30(29)38-32(34)41/h2-3,6-11,19-22,28,31H,4-5,12-18H2,1H3,(H,38,41)/t28-,31+,34+/m0/s1. The van der Waals surface area contributed by atoms with E-state index in [2.05, 4.69) is 5.32 Å². The van der Waals surface area contributed by atoms with E-state index in [4.69, 9.17) is 23.2 Å². The van der Waals surface area contributed by atoms with Crippen LogP contribution in [0.5, 0.6) is 0 Å². The molecule has 0 bridgehead atoms.